The first-order valence-electron chi connectivity index (χ1n) is 22.4. The molecule has 364 valence electrons. The van der Waals surface area contributed by atoms with Crippen molar-refractivity contribution < 1.29 is 48.7 Å². The molecule has 68 heavy (non-hydrogen) atoms. The zero-order valence-corrected chi connectivity index (χ0v) is 41.1. The molecule has 16 nitrogen and oxygen atoms in total. The number of carbonyl (C=O) groups is 4. The molecule has 0 spiro atoms. The molecule has 6 N–H and O–H groups in total. The predicted molar refractivity (Wildman–Crippen MR) is 256 cm³/mol. The number of benzene rings is 3. The normalized spacial score (nSPS) is 20.8. The van der Waals surface area contributed by atoms with Gasteiger partial charge in [0.2, 0.25) is 17.7 Å². The molecular weight excluding hydrogens is 912 g/mol. The molecule has 2 heterocycles. The van der Waals surface area contributed by atoms with Crippen molar-refractivity contribution in [3.63, 3.8) is 0 Å². The fraction of sp³-hybridized carbons (Fsp3) is 0.480. The van der Waals surface area contributed by atoms with Crippen molar-refractivity contribution in [1.82, 2.24) is 25.8 Å². The number of aliphatic hydroxyl groups excluding tert-OH is 3. The summed E-state index contributed by atoms with van der Waals surface area (Å²) in [5, 5.41) is 50.0. The van der Waals surface area contributed by atoms with Crippen molar-refractivity contribution in [2.45, 2.75) is 111 Å². The van der Waals surface area contributed by atoms with Gasteiger partial charge in [-0.2, -0.15) is 5.26 Å². The Morgan fingerprint density at radius 2 is 1.62 bits per heavy atom. The number of aryl methyl sites for hydroxylation is 1. The number of nitrogens with one attached hydrogen (secondary N) is 3. The molecule has 1 unspecified atom stereocenters. The number of nitrogens with zero attached hydrogens (tertiary/aromatic N) is 3. The van der Waals surface area contributed by atoms with Crippen molar-refractivity contribution in [1.29, 1.82) is 5.26 Å². The summed E-state index contributed by atoms with van der Waals surface area (Å²) in [5.74, 6) is -1.05. The average Bonchev–Trinajstić information content (AvgIpc) is 3.91. The van der Waals surface area contributed by atoms with Crippen LogP contribution in [0.25, 0.3) is 10.4 Å². The molecule has 1 saturated carbocycles. The predicted octanol–water partition coefficient (Wildman–Crippen LogP) is 5.18. The van der Waals surface area contributed by atoms with E-state index in [-0.39, 0.29) is 44.2 Å². The second kappa shape index (κ2) is 21.4. The number of hydrogen-bond acceptors (Lipinski definition) is 13. The number of hydrogen-bond donors (Lipinski definition) is 6. The number of rotatable bonds is 18. The molecule has 4 amide bonds. The number of amides is 4. The molecular formula is C50H61ClN6O10S. The molecule has 4 aromatic rings. The SMILES string of the molecule is Cc1ncsc1-c1ccc(CNC(=O)[C@@H]2C[C@@H](O)CN2C(=O)C(NC(=O)COC[C@@H](O)[C@H](O)COc2ccc(C(=O)N[C@H]3C(C)(C)[C@H](Oc4ccc(C#N)c(Cl)c4)C3(C)C)cc2)C(C)(C)C)cc1. The Kier molecular flexibility index (Phi) is 16.3. The van der Waals surface area contributed by atoms with Crippen LogP contribution in [0.2, 0.25) is 5.02 Å². The van der Waals surface area contributed by atoms with E-state index in [1.165, 1.54) is 4.90 Å². The zero-order chi connectivity index (χ0) is 49.7. The first-order chi connectivity index (χ1) is 32.0. The van der Waals surface area contributed by atoms with E-state index >= 15 is 0 Å². The molecule has 6 rings (SSSR count). The number of carbonyl (C=O) groups excluding carboxylic acids is 4. The van der Waals surface area contributed by atoms with E-state index in [2.05, 4.69) is 20.9 Å². The lowest BCUT2D eigenvalue weighted by atomic mass is 9.49. The number of likely N-dealkylation sites (tertiary alicyclic amines) is 1. The molecule has 1 aliphatic heterocycles. The Balaban J connectivity index is 0.930. The second-order valence-electron chi connectivity index (χ2n) is 19.7. The van der Waals surface area contributed by atoms with Gasteiger partial charge in [-0.05, 0) is 59.9 Å². The quantitative estimate of drug-likeness (QED) is 0.0758. The summed E-state index contributed by atoms with van der Waals surface area (Å²) in [6, 6.07) is 18.7. The summed E-state index contributed by atoms with van der Waals surface area (Å²) in [4.78, 5) is 60.6. The lowest BCUT2D eigenvalue weighted by molar-refractivity contribution is -0.164. The Morgan fingerprint density at radius 1 is 0.971 bits per heavy atom. The lowest BCUT2D eigenvalue weighted by Crippen LogP contribution is -2.74. The Bertz CT molecular complexity index is 2470. The number of β-amino-alcohol motifs (C(OH)–C–C–N with tert-alkyl or cyclic N) is 1. The fourth-order valence-electron chi connectivity index (χ4n) is 9.17. The summed E-state index contributed by atoms with van der Waals surface area (Å²) in [5.41, 5.74) is 3.64. The monoisotopic (exact) mass is 972 g/mol. The molecule has 0 radical (unpaired) electrons. The third kappa shape index (κ3) is 12.0. The Labute approximate surface area is 406 Å². The Morgan fingerprint density at radius 3 is 2.22 bits per heavy atom. The maximum Gasteiger partial charge on any atom is 0.251 e. The van der Waals surface area contributed by atoms with Crippen LogP contribution < -0.4 is 25.4 Å². The first kappa shape index (κ1) is 51.8. The van der Waals surface area contributed by atoms with Gasteiger partial charge in [0.1, 0.15) is 61.2 Å². The summed E-state index contributed by atoms with van der Waals surface area (Å²) in [7, 11) is 0. The fourth-order valence-corrected chi connectivity index (χ4v) is 10.2. The zero-order valence-electron chi connectivity index (χ0n) is 39.5. The summed E-state index contributed by atoms with van der Waals surface area (Å²) < 4.78 is 17.4. The van der Waals surface area contributed by atoms with Crippen molar-refractivity contribution in [3.8, 4) is 28.0 Å². The van der Waals surface area contributed by atoms with Crippen molar-refractivity contribution in [3.05, 3.63) is 99.6 Å². The van der Waals surface area contributed by atoms with E-state index in [1.54, 1.807) is 80.1 Å². The maximum absolute atomic E-state index is 14.0. The van der Waals surface area contributed by atoms with Gasteiger partial charge in [-0.25, -0.2) is 4.98 Å². The molecule has 5 atom stereocenters. The standard InChI is InChI=1S/C50H61ClN6O10S/c1-28-41(68-27-54-28)30-11-9-29(10-12-30)22-53-44(63)37-19-33(58)23-57(37)45(64)42(48(2,3)4)55-40(61)26-65-24-38(59)39(60)25-66-34-16-13-31(14-17-34)43(62)56-46-49(5,6)47(50(46,7)8)67-35-18-15-32(21-52)36(51)20-35/h9-18,20,27,33,37-39,42,46-47,58-60H,19,22-26H2,1-8H3,(H,53,63)(H,55,61)(H,56,62)/t33-,37+,38-,39-,42?,46-,47-/m1/s1. The highest BCUT2D eigenvalue weighted by molar-refractivity contribution is 7.13. The van der Waals surface area contributed by atoms with E-state index in [0.29, 0.717) is 27.6 Å². The van der Waals surface area contributed by atoms with Crippen LogP contribution in [0.3, 0.4) is 0 Å². The van der Waals surface area contributed by atoms with Crippen molar-refractivity contribution in [2.24, 2.45) is 16.2 Å². The minimum absolute atomic E-state index is 0.0391. The van der Waals surface area contributed by atoms with Gasteiger partial charge in [0.15, 0.2) is 0 Å². The van der Waals surface area contributed by atoms with Crippen LogP contribution in [0.5, 0.6) is 11.5 Å². The third-order valence-corrected chi connectivity index (χ3v) is 13.9. The lowest BCUT2D eigenvalue weighted by Gasteiger charge is -2.63. The van der Waals surface area contributed by atoms with Crippen LogP contribution in [0, 0.1) is 34.5 Å². The highest BCUT2D eigenvalue weighted by Crippen LogP contribution is 2.55. The van der Waals surface area contributed by atoms with Gasteiger partial charge in [-0.1, -0.05) is 84.3 Å². The van der Waals surface area contributed by atoms with Gasteiger partial charge < -0.3 is 50.4 Å². The van der Waals surface area contributed by atoms with Gasteiger partial charge in [0, 0.05) is 48.0 Å². The van der Waals surface area contributed by atoms with Crippen molar-refractivity contribution >= 4 is 46.6 Å². The smallest absolute Gasteiger partial charge is 0.251 e. The molecule has 2 aliphatic rings. The van der Waals surface area contributed by atoms with Crippen molar-refractivity contribution in [2.75, 3.05) is 26.4 Å². The van der Waals surface area contributed by atoms with Gasteiger partial charge in [-0.3, -0.25) is 19.2 Å². The second-order valence-corrected chi connectivity index (χ2v) is 21.0. The molecule has 3 aromatic carbocycles. The highest BCUT2D eigenvalue weighted by Gasteiger charge is 2.64. The molecule has 18 heteroatoms. The molecule has 1 saturated heterocycles. The molecule has 1 aliphatic carbocycles. The van der Waals surface area contributed by atoms with Crippen LogP contribution >= 0.6 is 22.9 Å². The molecule has 0 bridgehead atoms. The number of halogens is 1. The molecule has 1 aromatic heterocycles. The maximum atomic E-state index is 14.0. The molecule has 2 fully saturated rings. The van der Waals surface area contributed by atoms with Gasteiger partial charge in [-0.15, -0.1) is 11.3 Å². The minimum Gasteiger partial charge on any atom is -0.491 e. The first-order valence-corrected chi connectivity index (χ1v) is 23.7. The Hall–Kier alpha value is -5.61. The van der Waals surface area contributed by atoms with Crippen LogP contribution in [-0.2, 0) is 25.7 Å². The van der Waals surface area contributed by atoms with Gasteiger partial charge in [0.25, 0.3) is 5.91 Å². The number of ether oxygens (including phenoxy) is 3. The summed E-state index contributed by atoms with van der Waals surface area (Å²) >= 11 is 7.77. The minimum atomic E-state index is -1.44. The van der Waals surface area contributed by atoms with Gasteiger partial charge >= 0.3 is 0 Å². The average molecular weight is 974 g/mol. The van der Waals surface area contributed by atoms with E-state index in [4.69, 9.17) is 25.8 Å². The van der Waals surface area contributed by atoms with E-state index in [0.717, 1.165) is 21.7 Å². The number of nitriles is 1. The van der Waals surface area contributed by atoms with Crippen LogP contribution in [0.15, 0.2) is 72.2 Å². The van der Waals surface area contributed by atoms with Crippen LogP contribution in [0.1, 0.15) is 82.1 Å². The van der Waals surface area contributed by atoms with E-state index in [1.807, 2.05) is 65.0 Å². The van der Waals surface area contributed by atoms with Crippen LogP contribution in [-0.4, -0.2) is 118 Å². The third-order valence-electron chi connectivity index (χ3n) is 12.6. The topological polar surface area (TPSA) is 233 Å². The van der Waals surface area contributed by atoms with E-state index in [9.17, 15) is 39.8 Å². The van der Waals surface area contributed by atoms with Crippen LogP contribution in [0.4, 0.5) is 0 Å². The number of thiazole rings is 1. The van der Waals surface area contributed by atoms with Gasteiger partial charge in [0.05, 0.1) is 39.4 Å². The van der Waals surface area contributed by atoms with E-state index < -0.39 is 77.6 Å². The number of aliphatic hydroxyl groups is 3. The summed E-state index contributed by atoms with van der Waals surface area (Å²) in [6.45, 7) is 14.1. The summed E-state index contributed by atoms with van der Waals surface area (Å²) in [6.07, 6.45) is -4.00. The highest BCUT2D eigenvalue weighted by atomic mass is 35.5. The number of aromatic nitrogens is 1. The largest absolute Gasteiger partial charge is 0.491 e.